The van der Waals surface area contributed by atoms with Crippen LogP contribution >= 0.6 is 0 Å². The molecule has 0 saturated heterocycles. The van der Waals surface area contributed by atoms with Gasteiger partial charge in [0.1, 0.15) is 0 Å². The molecule has 6 heteroatoms. The molecule has 24 rings (SSSR count). The van der Waals surface area contributed by atoms with E-state index in [1.54, 1.807) is 46.7 Å². The second kappa shape index (κ2) is 41.6. The Morgan fingerprint density at radius 1 is 0.177 bits per heavy atom. The molecule has 0 heterocycles. The first-order chi connectivity index (χ1) is 63.1. The van der Waals surface area contributed by atoms with Crippen molar-refractivity contribution in [1.82, 2.24) is 0 Å². The fourth-order valence-electron chi connectivity index (χ4n) is 18.8. The minimum atomic E-state index is -0.455. The molecular formula is C124H96Cl2Si2Zr2-2. The fraction of sp³-hybridized carbons (Fsp3) is 0.0645. The summed E-state index contributed by atoms with van der Waals surface area (Å²) in [6, 6.07) is 168. The zero-order valence-corrected chi connectivity index (χ0v) is 81.9. The third-order valence-corrected chi connectivity index (χ3v) is 37.4. The number of benzene rings is 20. The van der Waals surface area contributed by atoms with Gasteiger partial charge in [-0.25, -0.2) is 0 Å². The summed E-state index contributed by atoms with van der Waals surface area (Å²) in [4.78, 5) is 0. The van der Waals surface area contributed by atoms with Crippen molar-refractivity contribution in [2.75, 3.05) is 0 Å². The molecule has 130 heavy (non-hydrogen) atoms. The van der Waals surface area contributed by atoms with E-state index >= 15 is 0 Å². The van der Waals surface area contributed by atoms with Gasteiger partial charge in [-0.15, -0.1) is 138 Å². The molecule has 24 aromatic carbocycles. The van der Waals surface area contributed by atoms with Crippen molar-refractivity contribution >= 4 is 161 Å². The van der Waals surface area contributed by atoms with Crippen molar-refractivity contribution in [3.8, 4) is 44.5 Å². The molecule has 0 spiro atoms. The minimum absolute atomic E-state index is 0. The van der Waals surface area contributed by atoms with Crippen LogP contribution in [0.5, 0.6) is 0 Å². The molecule has 0 bridgehead atoms. The molecule has 0 saturated carbocycles. The zero-order chi connectivity index (χ0) is 86.8. The molecule has 24 aromatic rings. The van der Waals surface area contributed by atoms with E-state index in [-0.39, 0.29) is 24.8 Å². The van der Waals surface area contributed by atoms with Crippen LogP contribution in [0.25, 0.3) is 174 Å². The van der Waals surface area contributed by atoms with E-state index in [1.165, 1.54) is 217 Å². The van der Waals surface area contributed by atoms with Gasteiger partial charge >= 0.3 is 200 Å². The maximum atomic E-state index is 2.36. The van der Waals surface area contributed by atoms with Crippen molar-refractivity contribution < 1.29 is 71.5 Å². The van der Waals surface area contributed by atoms with Crippen LogP contribution in [0.4, 0.5) is 0 Å². The zero-order valence-electron chi connectivity index (χ0n) is 73.5. The fourth-order valence-corrected chi connectivity index (χ4v) is 26.5. The van der Waals surface area contributed by atoms with E-state index in [2.05, 4.69) is 489 Å². The number of hydrogen-bond donors (Lipinski definition) is 0. The third-order valence-electron chi connectivity index (χ3n) is 25.3. The number of fused-ring (bicyclic) bond motifs is 12. The Kier molecular flexibility index (Phi) is 28.7. The Morgan fingerprint density at radius 2 is 0.338 bits per heavy atom. The molecule has 0 fully saturated rings. The van der Waals surface area contributed by atoms with Gasteiger partial charge in [-0.05, 0) is 158 Å². The first-order valence-corrected chi connectivity index (χ1v) is 55.3. The van der Waals surface area contributed by atoms with Crippen molar-refractivity contribution in [1.29, 1.82) is 0 Å². The van der Waals surface area contributed by atoms with Crippen LogP contribution < -0.4 is 45.6 Å². The van der Waals surface area contributed by atoms with E-state index in [9.17, 15) is 0 Å². The molecule has 624 valence electrons. The van der Waals surface area contributed by atoms with Crippen LogP contribution in [0.3, 0.4) is 0 Å². The Hall–Kier alpha value is -12.3. The SMILES string of the molecule is CCc1cc2c(-c3c4ccccc4cc4ccccc34)cccc2[cH-]1.CCc1cc2c(-c3c4ccccc4cc4ccccc34)cccc2[cH-]1.CCc1cc2c(-c3c4ccccc4cc4ccccc34)cccc2[cH-]1.CCc1cc2c(-c3c4ccccc4cc4ccccc34)cccc2[cH-]1.[Cl-].[Cl-].[Zr+2]=[Si](c1ccccc1)c1ccccc1.[Zr+2]=[Si](c1ccccc1)c1ccccc1. The standard InChI is InChI=1S/4C25H19.2C12H10Si.2ClH.2Zr/c4*1-2-17-14-18-10-7-13-23(24(18)15-17)25-21-11-5-3-8-19(21)16-20-9-4-6-12-22(20)25;2*1-3-7-11(8-4-1)13-12-9-5-2-6-10-12;;;;/h4*3-16H,2H2,1H3;2*1-10H;2*1H;;/q4*-1;;;;;2*+2/p-2. The van der Waals surface area contributed by atoms with Gasteiger partial charge < -0.3 is 24.8 Å². The van der Waals surface area contributed by atoms with Crippen LogP contribution in [0.1, 0.15) is 49.9 Å². The van der Waals surface area contributed by atoms with E-state index in [0.717, 1.165) is 25.7 Å². The van der Waals surface area contributed by atoms with E-state index < -0.39 is 10.9 Å². The summed E-state index contributed by atoms with van der Waals surface area (Å²) in [5, 5.41) is 37.9. The molecular weight excluding hydrogens is 1800 g/mol. The maximum absolute atomic E-state index is 2.36. The molecule has 0 amide bonds. The normalized spacial score (nSPS) is 11.0. The van der Waals surface area contributed by atoms with Crippen LogP contribution in [0, 0.1) is 0 Å². The van der Waals surface area contributed by atoms with Gasteiger partial charge in [0.25, 0.3) is 0 Å². The number of aryl methyl sites for hydroxylation is 4. The van der Waals surface area contributed by atoms with Gasteiger partial charge in [-0.2, -0.15) is 24.3 Å². The summed E-state index contributed by atoms with van der Waals surface area (Å²) in [5.74, 6) is 0. The first-order valence-electron chi connectivity index (χ1n) is 44.9. The molecule has 0 aliphatic heterocycles. The molecule has 0 N–H and O–H groups in total. The van der Waals surface area contributed by atoms with Crippen LogP contribution in [-0.4, -0.2) is 10.9 Å². The van der Waals surface area contributed by atoms with Crippen molar-refractivity contribution in [3.63, 3.8) is 0 Å². The summed E-state index contributed by atoms with van der Waals surface area (Å²) in [7, 11) is 0. The van der Waals surface area contributed by atoms with E-state index in [0.29, 0.717) is 0 Å². The summed E-state index contributed by atoms with van der Waals surface area (Å²) < 4.78 is 0. The van der Waals surface area contributed by atoms with E-state index in [4.69, 9.17) is 0 Å². The number of halogens is 2. The second-order valence-corrected chi connectivity index (χ2v) is 44.3. The van der Waals surface area contributed by atoms with Crippen LogP contribution in [0.15, 0.2) is 461 Å². The quantitative estimate of drug-likeness (QED) is 0.0650. The Morgan fingerprint density at radius 3 is 0.508 bits per heavy atom. The monoisotopic (exact) mass is 1890 g/mol. The molecule has 0 atom stereocenters. The molecule has 0 aromatic heterocycles. The Balaban J connectivity index is 0.000000111. The van der Waals surface area contributed by atoms with Gasteiger partial charge in [-0.3, -0.25) is 0 Å². The second-order valence-electron chi connectivity index (χ2n) is 33.1. The average molecular weight is 1900 g/mol. The van der Waals surface area contributed by atoms with Crippen molar-refractivity contribution in [3.05, 3.63) is 483 Å². The van der Waals surface area contributed by atoms with Gasteiger partial charge in [-0.1, -0.05) is 268 Å². The topological polar surface area (TPSA) is 0 Å². The summed E-state index contributed by atoms with van der Waals surface area (Å²) in [5.41, 5.74) is 15.5. The van der Waals surface area contributed by atoms with Crippen molar-refractivity contribution in [2.45, 2.75) is 53.4 Å². The molecule has 0 aliphatic carbocycles. The molecule has 0 aliphatic rings. The molecule has 0 nitrogen and oxygen atoms in total. The average Bonchev–Trinajstić information content (AvgIpc) is 1.41. The van der Waals surface area contributed by atoms with Gasteiger partial charge in [0, 0.05) is 0 Å². The van der Waals surface area contributed by atoms with Gasteiger partial charge in [0.05, 0.1) is 0 Å². The number of hydrogen-bond acceptors (Lipinski definition) is 0. The summed E-state index contributed by atoms with van der Waals surface area (Å²) >= 11 is 3.29. The predicted molar refractivity (Wildman–Crippen MR) is 553 cm³/mol. The predicted octanol–water partition coefficient (Wildman–Crippen LogP) is 25.1. The molecule has 0 unspecified atom stereocenters. The Labute approximate surface area is 805 Å². The van der Waals surface area contributed by atoms with Crippen LogP contribution in [-0.2, 0) is 72.4 Å². The van der Waals surface area contributed by atoms with Gasteiger partial charge in [0.15, 0.2) is 0 Å². The van der Waals surface area contributed by atoms with Crippen molar-refractivity contribution in [2.24, 2.45) is 0 Å². The summed E-state index contributed by atoms with van der Waals surface area (Å²) in [6.07, 6.45) is 4.30. The number of rotatable bonds is 12. The summed E-state index contributed by atoms with van der Waals surface area (Å²) in [6.45, 7) is 8.89. The van der Waals surface area contributed by atoms with Gasteiger partial charge in [0.2, 0.25) is 0 Å². The first kappa shape index (κ1) is 89.7. The van der Waals surface area contributed by atoms with E-state index in [1.807, 2.05) is 0 Å². The molecule has 0 radical (unpaired) electrons. The third kappa shape index (κ3) is 18.9. The Bertz CT molecular complexity index is 6990. The van der Waals surface area contributed by atoms with Crippen LogP contribution in [0.2, 0.25) is 0 Å².